The second kappa shape index (κ2) is 7.91. The highest BCUT2D eigenvalue weighted by molar-refractivity contribution is 6.06. The smallest absolute Gasteiger partial charge is 0.411 e. The zero-order valence-corrected chi connectivity index (χ0v) is 13.5. The van der Waals surface area contributed by atoms with Crippen LogP contribution in [0.25, 0.3) is 0 Å². The summed E-state index contributed by atoms with van der Waals surface area (Å²) in [5.74, 6) is -1.77. The number of amides is 2. The number of benzene rings is 2. The van der Waals surface area contributed by atoms with Gasteiger partial charge in [0.1, 0.15) is 5.82 Å². The molecule has 0 unspecified atom stereocenters. The molecule has 7 nitrogen and oxygen atoms in total. The van der Waals surface area contributed by atoms with Gasteiger partial charge in [-0.25, -0.2) is 14.0 Å². The fourth-order valence-corrected chi connectivity index (χ4v) is 1.97. The molecule has 0 fully saturated rings. The molecular weight excluding hydrogens is 331 g/mol. The fraction of sp³-hybridized carbons (Fsp3) is 0.118. The van der Waals surface area contributed by atoms with Crippen LogP contribution in [0.3, 0.4) is 0 Å². The molecule has 2 N–H and O–H groups in total. The minimum atomic E-state index is -0.840. The van der Waals surface area contributed by atoms with Crippen LogP contribution in [0.1, 0.15) is 20.7 Å². The third-order valence-corrected chi connectivity index (χ3v) is 3.19. The fourth-order valence-electron chi connectivity index (χ4n) is 1.97. The van der Waals surface area contributed by atoms with Crippen molar-refractivity contribution in [3.63, 3.8) is 0 Å². The molecule has 0 atom stereocenters. The van der Waals surface area contributed by atoms with Crippen LogP contribution in [0, 0.1) is 5.82 Å². The quantitative estimate of drug-likeness (QED) is 0.830. The summed E-state index contributed by atoms with van der Waals surface area (Å²) in [5, 5.41) is 4.75. The van der Waals surface area contributed by atoms with Gasteiger partial charge in [-0.3, -0.25) is 10.1 Å². The van der Waals surface area contributed by atoms with E-state index in [1.54, 1.807) is 0 Å². The Bertz CT molecular complexity index is 822. The molecule has 2 aromatic carbocycles. The number of ether oxygens (including phenoxy) is 2. The van der Waals surface area contributed by atoms with Crippen molar-refractivity contribution in [3.8, 4) is 0 Å². The lowest BCUT2D eigenvalue weighted by Crippen LogP contribution is -2.15. The van der Waals surface area contributed by atoms with Gasteiger partial charge in [0, 0.05) is 11.3 Å². The molecule has 25 heavy (non-hydrogen) atoms. The Hall–Kier alpha value is -3.42. The molecule has 0 radical (unpaired) electrons. The first-order chi connectivity index (χ1) is 11.9. The van der Waals surface area contributed by atoms with E-state index in [4.69, 9.17) is 0 Å². The van der Waals surface area contributed by atoms with E-state index in [-0.39, 0.29) is 22.5 Å². The normalized spacial score (nSPS) is 9.88. The highest BCUT2D eigenvalue weighted by Gasteiger charge is 2.13. The Morgan fingerprint density at radius 2 is 1.64 bits per heavy atom. The van der Waals surface area contributed by atoms with Gasteiger partial charge < -0.3 is 14.8 Å². The van der Waals surface area contributed by atoms with Crippen molar-refractivity contribution in [2.24, 2.45) is 0 Å². The monoisotopic (exact) mass is 346 g/mol. The minimum Gasteiger partial charge on any atom is -0.465 e. The predicted octanol–water partition coefficient (Wildman–Crippen LogP) is 3.04. The molecule has 0 spiro atoms. The number of anilines is 2. The number of esters is 1. The third kappa shape index (κ3) is 4.54. The number of rotatable bonds is 4. The molecular formula is C17H15FN2O5. The van der Waals surface area contributed by atoms with E-state index in [2.05, 4.69) is 20.1 Å². The van der Waals surface area contributed by atoms with Crippen LogP contribution < -0.4 is 10.6 Å². The number of carbonyl (C=O) groups is 3. The molecule has 0 aliphatic heterocycles. The van der Waals surface area contributed by atoms with E-state index >= 15 is 0 Å². The van der Waals surface area contributed by atoms with E-state index in [1.807, 2.05) is 0 Å². The van der Waals surface area contributed by atoms with Crippen molar-refractivity contribution in [3.05, 3.63) is 59.4 Å². The number of carbonyl (C=O) groups excluding carboxylic acids is 3. The van der Waals surface area contributed by atoms with Gasteiger partial charge in [-0.1, -0.05) is 6.07 Å². The van der Waals surface area contributed by atoms with Gasteiger partial charge in [0.2, 0.25) is 0 Å². The predicted molar refractivity (Wildman–Crippen MR) is 88.2 cm³/mol. The molecule has 0 aromatic heterocycles. The van der Waals surface area contributed by atoms with Crippen molar-refractivity contribution in [1.29, 1.82) is 0 Å². The SMILES string of the molecule is COC(=O)Nc1cc(NC(=O)c2cccc(C(=O)OC)c2)ccc1F. The largest absolute Gasteiger partial charge is 0.465 e. The van der Waals surface area contributed by atoms with Crippen molar-refractivity contribution < 1.29 is 28.2 Å². The van der Waals surface area contributed by atoms with Gasteiger partial charge in [-0.15, -0.1) is 0 Å². The standard InChI is InChI=1S/C17H15FN2O5/c1-24-16(22)11-5-3-4-10(8-11)15(21)19-12-6-7-13(18)14(9-12)20-17(23)25-2/h3-9H,1-2H3,(H,19,21)(H,20,23). The Morgan fingerprint density at radius 1 is 0.920 bits per heavy atom. The van der Waals surface area contributed by atoms with Crippen LogP contribution in [-0.2, 0) is 9.47 Å². The number of halogens is 1. The summed E-state index contributed by atoms with van der Waals surface area (Å²) in [5.41, 5.74) is 0.547. The summed E-state index contributed by atoms with van der Waals surface area (Å²) in [6, 6.07) is 9.60. The summed E-state index contributed by atoms with van der Waals surface area (Å²) in [6.07, 6.45) is -0.840. The molecule has 0 heterocycles. The Kier molecular flexibility index (Phi) is 5.67. The molecule has 0 aliphatic carbocycles. The zero-order chi connectivity index (χ0) is 18.4. The number of nitrogens with one attached hydrogen (secondary N) is 2. The van der Waals surface area contributed by atoms with E-state index in [0.717, 1.165) is 13.2 Å². The van der Waals surface area contributed by atoms with Crippen LogP contribution in [0.4, 0.5) is 20.6 Å². The first-order valence-electron chi connectivity index (χ1n) is 7.09. The molecule has 130 valence electrons. The molecule has 2 rings (SSSR count). The molecule has 8 heteroatoms. The summed E-state index contributed by atoms with van der Waals surface area (Å²) in [6.45, 7) is 0. The van der Waals surface area contributed by atoms with E-state index in [0.29, 0.717) is 0 Å². The first kappa shape index (κ1) is 17.9. The van der Waals surface area contributed by atoms with Crippen LogP contribution in [0.2, 0.25) is 0 Å². The van der Waals surface area contributed by atoms with Crippen LogP contribution in [0.15, 0.2) is 42.5 Å². The first-order valence-corrected chi connectivity index (χ1v) is 7.09. The summed E-state index contributed by atoms with van der Waals surface area (Å²) in [7, 11) is 2.39. The van der Waals surface area contributed by atoms with Crippen LogP contribution in [0.5, 0.6) is 0 Å². The average Bonchev–Trinajstić information content (AvgIpc) is 2.63. The highest BCUT2D eigenvalue weighted by Crippen LogP contribution is 2.20. The van der Waals surface area contributed by atoms with Gasteiger partial charge in [-0.2, -0.15) is 0 Å². The molecule has 0 saturated carbocycles. The van der Waals surface area contributed by atoms with Gasteiger partial charge in [0.15, 0.2) is 0 Å². The zero-order valence-electron chi connectivity index (χ0n) is 13.5. The van der Waals surface area contributed by atoms with Crippen molar-refractivity contribution >= 4 is 29.3 Å². The van der Waals surface area contributed by atoms with Gasteiger partial charge >= 0.3 is 12.1 Å². The highest BCUT2D eigenvalue weighted by atomic mass is 19.1. The lowest BCUT2D eigenvalue weighted by Gasteiger charge is -2.10. The molecule has 2 amide bonds. The maximum atomic E-state index is 13.7. The maximum Gasteiger partial charge on any atom is 0.411 e. The maximum absolute atomic E-state index is 13.7. The molecule has 0 bridgehead atoms. The second-order valence-corrected chi connectivity index (χ2v) is 4.84. The Morgan fingerprint density at radius 3 is 2.32 bits per heavy atom. The lowest BCUT2D eigenvalue weighted by molar-refractivity contribution is 0.0600. The van der Waals surface area contributed by atoms with Gasteiger partial charge in [-0.05, 0) is 36.4 Å². The Labute approximate surface area is 142 Å². The number of methoxy groups -OCH3 is 2. The van der Waals surface area contributed by atoms with Crippen LogP contribution in [-0.4, -0.2) is 32.2 Å². The summed E-state index contributed by atoms with van der Waals surface area (Å²) < 4.78 is 22.7. The van der Waals surface area contributed by atoms with Crippen molar-refractivity contribution in [1.82, 2.24) is 0 Å². The lowest BCUT2D eigenvalue weighted by atomic mass is 10.1. The van der Waals surface area contributed by atoms with E-state index < -0.39 is 23.8 Å². The molecule has 0 saturated heterocycles. The second-order valence-electron chi connectivity index (χ2n) is 4.84. The Balaban J connectivity index is 2.19. The third-order valence-electron chi connectivity index (χ3n) is 3.19. The topological polar surface area (TPSA) is 93.7 Å². The summed E-state index contributed by atoms with van der Waals surface area (Å²) in [4.78, 5) is 35.0. The minimum absolute atomic E-state index is 0.145. The van der Waals surface area contributed by atoms with Gasteiger partial charge in [0.05, 0.1) is 25.5 Å². The van der Waals surface area contributed by atoms with Gasteiger partial charge in [0.25, 0.3) is 5.91 Å². The van der Waals surface area contributed by atoms with E-state index in [1.165, 1.54) is 43.5 Å². The van der Waals surface area contributed by atoms with Crippen LogP contribution >= 0.6 is 0 Å². The number of hydrogen-bond acceptors (Lipinski definition) is 5. The summed E-state index contributed by atoms with van der Waals surface area (Å²) >= 11 is 0. The van der Waals surface area contributed by atoms with Crippen molar-refractivity contribution in [2.45, 2.75) is 0 Å². The molecule has 0 aliphatic rings. The number of hydrogen-bond donors (Lipinski definition) is 2. The van der Waals surface area contributed by atoms with Crippen molar-refractivity contribution in [2.75, 3.05) is 24.9 Å². The average molecular weight is 346 g/mol. The molecule has 2 aromatic rings. The van der Waals surface area contributed by atoms with E-state index in [9.17, 15) is 18.8 Å².